The Kier molecular flexibility index (Phi) is 5.75. The molecule has 1 heterocycles. The van der Waals surface area contributed by atoms with E-state index in [0.29, 0.717) is 4.68 Å². The van der Waals surface area contributed by atoms with Gasteiger partial charge in [-0.1, -0.05) is 32.2 Å². The lowest BCUT2D eigenvalue weighted by Crippen LogP contribution is -2.15. The van der Waals surface area contributed by atoms with Crippen LogP contribution in [0.25, 0.3) is 5.69 Å². The lowest BCUT2D eigenvalue weighted by Gasteiger charge is -2.40. The first-order chi connectivity index (χ1) is 12.7. The van der Waals surface area contributed by atoms with E-state index >= 15 is 0 Å². The number of thioether (sulfide) groups is 1. The van der Waals surface area contributed by atoms with Gasteiger partial charge in [0.15, 0.2) is 5.69 Å². The molecule has 0 atom stereocenters. The third-order valence-electron chi connectivity index (χ3n) is 3.06. The van der Waals surface area contributed by atoms with Crippen molar-refractivity contribution in [3.05, 3.63) is 26.8 Å². The lowest BCUT2D eigenvalue weighted by molar-refractivity contribution is -0.0328. The third-order valence-corrected chi connectivity index (χ3v) is 6.43. The monoisotopic (exact) mass is 616 g/mol. The summed E-state index contributed by atoms with van der Waals surface area (Å²) in [6.07, 6.45) is 0. The van der Waals surface area contributed by atoms with Gasteiger partial charge in [0.05, 0.1) is 10.6 Å². The van der Waals surface area contributed by atoms with Crippen LogP contribution in [0.4, 0.5) is 38.4 Å². The van der Waals surface area contributed by atoms with Crippen molar-refractivity contribution in [2.75, 3.05) is 5.73 Å². The fourth-order valence-corrected chi connectivity index (χ4v) is 5.24. The van der Waals surface area contributed by atoms with Crippen molar-refractivity contribution >= 4 is 78.4 Å². The number of halogens is 10. The quantitative estimate of drug-likeness (QED) is 0.200. The van der Waals surface area contributed by atoms with Crippen LogP contribution in [0.1, 0.15) is 10.5 Å². The number of amides is 1. The first kappa shape index (κ1) is 24.4. The summed E-state index contributed by atoms with van der Waals surface area (Å²) < 4.78 is 105. The summed E-state index contributed by atoms with van der Waals surface area (Å²) in [6, 6.07) is 0.0510. The molecule has 18 heteroatoms. The van der Waals surface area contributed by atoms with Crippen molar-refractivity contribution in [2.45, 2.75) is 15.3 Å². The van der Waals surface area contributed by atoms with Crippen LogP contribution in [-0.2, 0) is 0 Å². The average molecular weight is 618 g/mol. The van der Waals surface area contributed by atoms with E-state index < -0.39 is 69.3 Å². The van der Waals surface area contributed by atoms with Crippen molar-refractivity contribution in [3.8, 4) is 5.69 Å². The Balaban J connectivity index is 2.78. The molecule has 0 unspecified atom stereocenters. The molecule has 5 nitrogen and oxygen atoms in total. The van der Waals surface area contributed by atoms with Gasteiger partial charge in [0.1, 0.15) is 10.7 Å². The molecule has 0 spiro atoms. The van der Waals surface area contributed by atoms with Crippen LogP contribution in [0.2, 0.25) is 0 Å². The van der Waals surface area contributed by atoms with Crippen LogP contribution in [0.5, 0.6) is 0 Å². The average Bonchev–Trinajstić information content (AvgIpc) is 2.79. The Labute approximate surface area is 183 Å². The highest BCUT2D eigenvalue weighted by Gasteiger charge is 2.65. The lowest BCUT2D eigenvalue weighted by atomic mass is 10.3. The molecule has 0 fully saturated rings. The van der Waals surface area contributed by atoms with Crippen LogP contribution in [0.15, 0.2) is 30.9 Å². The standard InChI is InChI=1S/C11H6Br2F8N4OS3/c12-4-1-3(29(17,18,19,20)21)2-5(13)7(4)25-9(22)8(28-11(14,15)16)6(23-25)10(26)24-27/h1-2,27H,22H2,(H,24,26). The fourth-order valence-electron chi connectivity index (χ4n) is 1.97. The number of thiol groups is 1. The van der Waals surface area contributed by atoms with E-state index in [1.807, 2.05) is 0 Å². The van der Waals surface area contributed by atoms with Gasteiger partial charge < -0.3 is 5.73 Å². The molecular weight excluding hydrogens is 612 g/mol. The van der Waals surface area contributed by atoms with Crippen LogP contribution >= 0.6 is 66.7 Å². The second-order valence-corrected chi connectivity index (χ2v) is 10.6. The summed E-state index contributed by atoms with van der Waals surface area (Å²) in [5.41, 5.74) is -0.562. The van der Waals surface area contributed by atoms with E-state index in [1.165, 1.54) is 0 Å². The molecule has 0 aliphatic rings. The van der Waals surface area contributed by atoms with Gasteiger partial charge in [0, 0.05) is 8.95 Å². The van der Waals surface area contributed by atoms with E-state index in [9.17, 15) is 37.4 Å². The second-order valence-electron chi connectivity index (χ2n) is 5.17. The number of nitrogen functional groups attached to an aromatic ring is 1. The zero-order valence-electron chi connectivity index (χ0n) is 13.1. The number of nitrogens with zero attached hydrogens (tertiary/aromatic N) is 2. The van der Waals surface area contributed by atoms with Crippen molar-refractivity contribution in [1.29, 1.82) is 0 Å². The summed E-state index contributed by atoms with van der Waals surface area (Å²) in [6.45, 7) is 0. The first-order valence-electron chi connectivity index (χ1n) is 6.57. The predicted octanol–water partition coefficient (Wildman–Crippen LogP) is 6.82. The Hall–Kier alpha value is -0.850. The summed E-state index contributed by atoms with van der Waals surface area (Å²) in [5.74, 6) is -1.97. The highest BCUT2D eigenvalue weighted by atomic mass is 79.9. The van der Waals surface area contributed by atoms with Gasteiger partial charge in [-0.2, -0.15) is 18.3 Å². The number of hydrogen-bond donors (Lipinski definition) is 3. The number of hydrogen-bond acceptors (Lipinski definition) is 5. The van der Waals surface area contributed by atoms with E-state index in [4.69, 9.17) is 5.73 Å². The van der Waals surface area contributed by atoms with Gasteiger partial charge in [-0.25, -0.2) is 4.68 Å². The number of anilines is 1. The Morgan fingerprint density at radius 3 is 2.03 bits per heavy atom. The molecule has 0 aliphatic carbocycles. The highest BCUT2D eigenvalue weighted by Crippen LogP contribution is 3.02. The first-order valence-corrected chi connectivity index (χ1v) is 11.4. The van der Waals surface area contributed by atoms with Crippen molar-refractivity contribution in [2.24, 2.45) is 0 Å². The largest absolute Gasteiger partial charge is 0.446 e. The van der Waals surface area contributed by atoms with Crippen molar-refractivity contribution in [3.63, 3.8) is 0 Å². The van der Waals surface area contributed by atoms with Crippen LogP contribution in [0, 0.1) is 0 Å². The van der Waals surface area contributed by atoms with Crippen LogP contribution in [-0.4, -0.2) is 21.2 Å². The number of alkyl halides is 3. The molecule has 2 aromatic rings. The summed E-state index contributed by atoms with van der Waals surface area (Å²) >= 11 is 7.93. The molecule has 0 saturated carbocycles. The fraction of sp³-hybridized carbons (Fsp3) is 0.0909. The number of nitrogens with two attached hydrogens (primary N) is 1. The molecule has 1 amide bonds. The number of carbonyl (C=O) groups is 1. The molecule has 3 N–H and O–H groups in total. The third kappa shape index (κ3) is 5.45. The maximum Gasteiger partial charge on any atom is 0.446 e. The Morgan fingerprint density at radius 1 is 1.17 bits per heavy atom. The molecule has 0 aliphatic heterocycles. The SMILES string of the molecule is Nc1c(SC(F)(F)F)c(C(=O)NS)nn1-c1c(Br)cc(S(F)(F)(F)(F)F)cc1Br. The topological polar surface area (TPSA) is 72.9 Å². The molecule has 0 saturated heterocycles. The molecular formula is C11H6Br2F8N4OS3. The Morgan fingerprint density at radius 2 is 1.66 bits per heavy atom. The van der Waals surface area contributed by atoms with Crippen LogP contribution in [0.3, 0.4) is 0 Å². The minimum atomic E-state index is -10.1. The zero-order valence-corrected chi connectivity index (χ0v) is 18.8. The summed E-state index contributed by atoms with van der Waals surface area (Å²) in [4.78, 5) is 8.66. The second kappa shape index (κ2) is 6.83. The van der Waals surface area contributed by atoms with Gasteiger partial charge in [0.2, 0.25) is 0 Å². The van der Waals surface area contributed by atoms with E-state index in [0.717, 1.165) is 0 Å². The number of aromatic nitrogens is 2. The maximum absolute atomic E-state index is 13.0. The van der Waals surface area contributed by atoms with E-state index in [-0.39, 0.29) is 12.1 Å². The molecule has 1 aromatic heterocycles. The molecule has 164 valence electrons. The molecule has 1 aromatic carbocycles. The minimum absolute atomic E-state index is 0.0255. The summed E-state index contributed by atoms with van der Waals surface area (Å²) in [5, 5.41) is 3.57. The number of nitrogens with one attached hydrogen (secondary N) is 1. The molecule has 29 heavy (non-hydrogen) atoms. The molecule has 0 bridgehead atoms. The van der Waals surface area contributed by atoms with Gasteiger partial charge in [-0.3, -0.25) is 9.52 Å². The normalized spacial score (nSPS) is 15.0. The molecule has 2 rings (SSSR count). The van der Waals surface area contributed by atoms with Gasteiger partial charge in [0.25, 0.3) is 5.91 Å². The van der Waals surface area contributed by atoms with Gasteiger partial charge in [-0.15, -0.1) is 0 Å². The van der Waals surface area contributed by atoms with E-state index in [1.54, 1.807) is 4.72 Å². The van der Waals surface area contributed by atoms with Crippen LogP contribution < -0.4 is 10.5 Å². The van der Waals surface area contributed by atoms with Crippen molar-refractivity contribution < 1.29 is 37.4 Å². The Bertz CT molecular complexity index is 986. The highest BCUT2D eigenvalue weighted by molar-refractivity contribution is 9.11. The van der Waals surface area contributed by atoms with Gasteiger partial charge in [-0.05, 0) is 55.8 Å². The van der Waals surface area contributed by atoms with E-state index in [2.05, 4.69) is 49.8 Å². The number of benzene rings is 1. The minimum Gasteiger partial charge on any atom is -0.383 e. The zero-order chi connectivity index (χ0) is 22.6. The maximum atomic E-state index is 13.0. The number of rotatable bonds is 4. The number of carbonyl (C=O) groups excluding carboxylic acids is 1. The molecule has 0 radical (unpaired) electrons. The van der Waals surface area contributed by atoms with Gasteiger partial charge >= 0.3 is 15.7 Å². The van der Waals surface area contributed by atoms with Crippen molar-refractivity contribution in [1.82, 2.24) is 14.5 Å². The predicted molar refractivity (Wildman–Crippen MR) is 103 cm³/mol. The smallest absolute Gasteiger partial charge is 0.383 e. The summed E-state index contributed by atoms with van der Waals surface area (Å²) in [7, 11) is -10.1.